The zero-order chi connectivity index (χ0) is 21.9. The number of aromatic nitrogens is 2. The Morgan fingerprint density at radius 3 is 2.60 bits per heavy atom. The molecule has 0 aliphatic carbocycles. The standard InChI is InChI=1S/C21H26N4O4S/c1-4-25-18-10-9-16(30(28,29)24(2)3)13-17(18)23-20(25)11-12-21(27)22-14-15-7-5-6-8-19(15)26/h5-10,13,26H,4,11-12,14H2,1-3H3,(H,22,27). The van der Waals surface area contributed by atoms with Crippen molar-refractivity contribution in [1.29, 1.82) is 0 Å². The third kappa shape index (κ3) is 4.47. The van der Waals surface area contributed by atoms with Crippen LogP contribution in [0.25, 0.3) is 11.0 Å². The highest BCUT2D eigenvalue weighted by molar-refractivity contribution is 7.89. The maximum atomic E-state index is 12.4. The topological polar surface area (TPSA) is 105 Å². The number of carbonyl (C=O) groups excluding carboxylic acids is 1. The molecule has 0 saturated heterocycles. The Kier molecular flexibility index (Phi) is 6.42. The molecule has 2 N–H and O–H groups in total. The zero-order valence-corrected chi connectivity index (χ0v) is 18.1. The number of benzene rings is 2. The molecule has 3 rings (SSSR count). The molecule has 1 amide bonds. The van der Waals surface area contributed by atoms with Crippen LogP contribution >= 0.6 is 0 Å². The van der Waals surface area contributed by atoms with Gasteiger partial charge in [0.1, 0.15) is 11.6 Å². The lowest BCUT2D eigenvalue weighted by molar-refractivity contribution is -0.121. The zero-order valence-electron chi connectivity index (χ0n) is 17.3. The van der Waals surface area contributed by atoms with E-state index in [9.17, 15) is 18.3 Å². The molecule has 0 saturated carbocycles. The van der Waals surface area contributed by atoms with Crippen LogP contribution in [-0.2, 0) is 34.3 Å². The van der Waals surface area contributed by atoms with E-state index in [0.29, 0.717) is 24.0 Å². The second kappa shape index (κ2) is 8.85. The molecule has 0 radical (unpaired) electrons. The first kappa shape index (κ1) is 21.8. The number of hydrogen-bond donors (Lipinski definition) is 2. The first-order chi connectivity index (χ1) is 14.2. The van der Waals surface area contributed by atoms with E-state index in [4.69, 9.17) is 0 Å². The first-order valence-electron chi connectivity index (χ1n) is 9.69. The summed E-state index contributed by atoms with van der Waals surface area (Å²) in [6.45, 7) is 2.89. The summed E-state index contributed by atoms with van der Waals surface area (Å²) in [5, 5.41) is 12.6. The Morgan fingerprint density at radius 2 is 1.93 bits per heavy atom. The normalized spacial score (nSPS) is 11.9. The average Bonchev–Trinajstić information content (AvgIpc) is 3.08. The number of aromatic hydroxyl groups is 1. The molecule has 0 aliphatic rings. The van der Waals surface area contributed by atoms with Gasteiger partial charge in [-0.2, -0.15) is 0 Å². The highest BCUT2D eigenvalue weighted by atomic mass is 32.2. The maximum absolute atomic E-state index is 12.4. The maximum Gasteiger partial charge on any atom is 0.242 e. The summed E-state index contributed by atoms with van der Waals surface area (Å²) in [5.41, 5.74) is 2.07. The van der Waals surface area contributed by atoms with Crippen molar-refractivity contribution < 1.29 is 18.3 Å². The molecule has 30 heavy (non-hydrogen) atoms. The molecule has 0 bridgehead atoms. The number of rotatable bonds is 8. The van der Waals surface area contributed by atoms with Gasteiger partial charge in [0, 0.05) is 45.6 Å². The minimum atomic E-state index is -3.54. The lowest BCUT2D eigenvalue weighted by Gasteiger charge is -2.11. The van der Waals surface area contributed by atoms with Crippen molar-refractivity contribution >= 4 is 27.0 Å². The largest absolute Gasteiger partial charge is 0.508 e. The Labute approximate surface area is 176 Å². The van der Waals surface area contributed by atoms with Gasteiger partial charge in [0.25, 0.3) is 0 Å². The number of para-hydroxylation sites is 1. The number of phenolic OH excluding ortho intramolecular Hbond substituents is 1. The van der Waals surface area contributed by atoms with Crippen molar-refractivity contribution in [1.82, 2.24) is 19.2 Å². The lowest BCUT2D eigenvalue weighted by atomic mass is 10.2. The number of nitrogens with one attached hydrogen (secondary N) is 1. The Morgan fingerprint density at radius 1 is 1.20 bits per heavy atom. The van der Waals surface area contributed by atoms with E-state index in [0.717, 1.165) is 11.3 Å². The van der Waals surface area contributed by atoms with E-state index in [1.165, 1.54) is 18.4 Å². The number of phenols is 1. The summed E-state index contributed by atoms with van der Waals surface area (Å²) in [6.07, 6.45) is 0.657. The van der Waals surface area contributed by atoms with Crippen LogP contribution in [0.1, 0.15) is 24.7 Å². The van der Waals surface area contributed by atoms with Crippen molar-refractivity contribution in [3.63, 3.8) is 0 Å². The molecule has 9 heteroatoms. The smallest absolute Gasteiger partial charge is 0.242 e. The summed E-state index contributed by atoms with van der Waals surface area (Å²) in [5.74, 6) is 0.725. The third-order valence-corrected chi connectivity index (χ3v) is 6.75. The summed E-state index contributed by atoms with van der Waals surface area (Å²) in [6, 6.07) is 11.8. The second-order valence-corrected chi connectivity index (χ2v) is 9.27. The van der Waals surface area contributed by atoms with E-state index in [1.807, 2.05) is 11.5 Å². The van der Waals surface area contributed by atoms with Crippen LogP contribution < -0.4 is 5.32 Å². The fraction of sp³-hybridized carbons (Fsp3) is 0.333. The number of nitrogens with zero attached hydrogens (tertiary/aromatic N) is 3. The monoisotopic (exact) mass is 430 g/mol. The molecule has 160 valence electrons. The van der Waals surface area contributed by atoms with Crippen molar-refractivity contribution in [2.75, 3.05) is 14.1 Å². The van der Waals surface area contributed by atoms with Gasteiger partial charge >= 0.3 is 0 Å². The summed E-state index contributed by atoms with van der Waals surface area (Å²) in [4.78, 5) is 17.0. The number of aryl methyl sites for hydroxylation is 2. The first-order valence-corrected chi connectivity index (χ1v) is 11.1. The highest BCUT2D eigenvalue weighted by Crippen LogP contribution is 2.23. The van der Waals surface area contributed by atoms with Gasteiger partial charge in [-0.1, -0.05) is 18.2 Å². The number of amides is 1. The van der Waals surface area contributed by atoms with E-state index < -0.39 is 10.0 Å². The van der Waals surface area contributed by atoms with Crippen molar-refractivity contribution in [3.8, 4) is 5.75 Å². The predicted octanol–water partition coefficient (Wildman–Crippen LogP) is 2.26. The van der Waals surface area contributed by atoms with Gasteiger partial charge in [-0.05, 0) is 31.2 Å². The van der Waals surface area contributed by atoms with Crippen LogP contribution in [0.5, 0.6) is 5.75 Å². The number of sulfonamides is 1. The molecule has 3 aromatic rings. The Hall–Kier alpha value is -2.91. The molecule has 0 atom stereocenters. The number of fused-ring (bicyclic) bond motifs is 1. The molecule has 2 aromatic carbocycles. The molecule has 0 unspecified atom stereocenters. The molecule has 0 aliphatic heterocycles. The van der Waals surface area contributed by atoms with Crippen LogP contribution in [0.15, 0.2) is 47.4 Å². The molecule has 0 spiro atoms. The quantitative estimate of drug-likeness (QED) is 0.570. The predicted molar refractivity (Wildman–Crippen MR) is 115 cm³/mol. The minimum Gasteiger partial charge on any atom is -0.508 e. The van der Waals surface area contributed by atoms with E-state index in [2.05, 4.69) is 10.3 Å². The molecule has 1 aromatic heterocycles. The van der Waals surface area contributed by atoms with Gasteiger partial charge in [0.05, 0.1) is 15.9 Å². The van der Waals surface area contributed by atoms with Crippen molar-refractivity contribution in [2.45, 2.75) is 37.8 Å². The highest BCUT2D eigenvalue weighted by Gasteiger charge is 2.19. The second-order valence-electron chi connectivity index (χ2n) is 7.12. The van der Waals surface area contributed by atoms with Gasteiger partial charge in [-0.3, -0.25) is 4.79 Å². The van der Waals surface area contributed by atoms with Gasteiger partial charge in [0.2, 0.25) is 15.9 Å². The van der Waals surface area contributed by atoms with Crippen LogP contribution in [0, 0.1) is 0 Å². The lowest BCUT2D eigenvalue weighted by Crippen LogP contribution is -2.23. The number of carbonyl (C=O) groups is 1. The minimum absolute atomic E-state index is 0.147. The van der Waals surface area contributed by atoms with Crippen molar-refractivity contribution in [3.05, 3.63) is 53.9 Å². The summed E-state index contributed by atoms with van der Waals surface area (Å²) < 4.78 is 27.9. The fourth-order valence-electron chi connectivity index (χ4n) is 3.24. The van der Waals surface area contributed by atoms with Gasteiger partial charge < -0.3 is 15.0 Å². The van der Waals surface area contributed by atoms with Gasteiger partial charge in [-0.25, -0.2) is 17.7 Å². The van der Waals surface area contributed by atoms with Crippen LogP contribution in [-0.4, -0.2) is 47.4 Å². The van der Waals surface area contributed by atoms with Crippen molar-refractivity contribution in [2.24, 2.45) is 0 Å². The van der Waals surface area contributed by atoms with Crippen LogP contribution in [0.4, 0.5) is 0 Å². The average molecular weight is 431 g/mol. The fourth-order valence-corrected chi connectivity index (χ4v) is 4.16. The van der Waals surface area contributed by atoms with Gasteiger partial charge in [0.15, 0.2) is 0 Å². The van der Waals surface area contributed by atoms with E-state index in [-0.39, 0.29) is 29.5 Å². The molecule has 8 nitrogen and oxygen atoms in total. The Bertz CT molecular complexity index is 1170. The molecule has 0 fully saturated rings. The van der Waals surface area contributed by atoms with E-state index >= 15 is 0 Å². The summed E-state index contributed by atoms with van der Waals surface area (Å²) >= 11 is 0. The van der Waals surface area contributed by atoms with Crippen LogP contribution in [0.3, 0.4) is 0 Å². The molecule has 1 heterocycles. The molecular formula is C21H26N4O4S. The number of hydrogen-bond acceptors (Lipinski definition) is 5. The van der Waals surface area contributed by atoms with Gasteiger partial charge in [-0.15, -0.1) is 0 Å². The van der Waals surface area contributed by atoms with E-state index in [1.54, 1.807) is 42.5 Å². The third-order valence-electron chi connectivity index (χ3n) is 4.94. The van der Waals surface area contributed by atoms with Crippen LogP contribution in [0.2, 0.25) is 0 Å². The summed E-state index contributed by atoms with van der Waals surface area (Å²) in [7, 11) is -0.563. The number of imidazole rings is 1. The molecular weight excluding hydrogens is 404 g/mol. The Balaban J connectivity index is 1.74. The SMILES string of the molecule is CCn1c(CCC(=O)NCc2ccccc2O)nc2cc(S(=O)(=O)N(C)C)ccc21.